The van der Waals surface area contributed by atoms with Crippen molar-refractivity contribution >= 4 is 17.4 Å². The largest absolute Gasteiger partial charge is 0.491 e. The first-order valence-corrected chi connectivity index (χ1v) is 10.6. The van der Waals surface area contributed by atoms with Gasteiger partial charge in [-0.15, -0.1) is 10.2 Å². The average Bonchev–Trinajstić information content (AvgIpc) is 3.46. The minimum absolute atomic E-state index is 0.0188. The Hall–Kier alpha value is -2.87. The van der Waals surface area contributed by atoms with E-state index in [4.69, 9.17) is 4.74 Å². The Morgan fingerprint density at radius 3 is 2.62 bits per heavy atom. The molecular formula is C21H22N4O3S. The molecule has 0 radical (unpaired) electrons. The van der Waals surface area contributed by atoms with Crippen LogP contribution < -0.4 is 4.74 Å². The van der Waals surface area contributed by atoms with Crippen LogP contribution in [0.4, 0.5) is 5.69 Å². The molecule has 1 saturated carbocycles. The number of rotatable bonds is 8. The van der Waals surface area contributed by atoms with Gasteiger partial charge < -0.3 is 4.74 Å². The number of thioether (sulfide) groups is 1. The summed E-state index contributed by atoms with van der Waals surface area (Å²) in [7, 11) is 0. The van der Waals surface area contributed by atoms with Gasteiger partial charge in [0.15, 0.2) is 5.16 Å². The van der Waals surface area contributed by atoms with Gasteiger partial charge in [0.25, 0.3) is 5.69 Å². The van der Waals surface area contributed by atoms with Gasteiger partial charge in [-0.25, -0.2) is 0 Å². The van der Waals surface area contributed by atoms with Crippen LogP contribution in [0.5, 0.6) is 5.75 Å². The number of ether oxygens (including phenoxy) is 1. The van der Waals surface area contributed by atoms with Crippen LogP contribution in [-0.2, 0) is 5.75 Å². The number of aromatic nitrogens is 3. The topological polar surface area (TPSA) is 83.1 Å². The van der Waals surface area contributed by atoms with Crippen LogP contribution >= 0.6 is 11.8 Å². The summed E-state index contributed by atoms with van der Waals surface area (Å²) in [6.07, 6.45) is 2.24. The van der Waals surface area contributed by atoms with Crippen LogP contribution in [0, 0.1) is 10.1 Å². The first kappa shape index (κ1) is 19.4. The van der Waals surface area contributed by atoms with Crippen molar-refractivity contribution in [1.29, 1.82) is 0 Å². The summed E-state index contributed by atoms with van der Waals surface area (Å²) >= 11 is 1.51. The van der Waals surface area contributed by atoms with Crippen molar-refractivity contribution in [3.05, 3.63) is 70.0 Å². The summed E-state index contributed by atoms with van der Waals surface area (Å²) in [6, 6.07) is 14.8. The molecule has 1 aliphatic rings. The lowest BCUT2D eigenvalue weighted by atomic mass is 10.2. The third-order valence-electron chi connectivity index (χ3n) is 4.59. The molecule has 1 aliphatic carbocycles. The number of nitrogens with zero attached hydrogens (tertiary/aromatic N) is 4. The molecule has 29 heavy (non-hydrogen) atoms. The lowest BCUT2D eigenvalue weighted by molar-refractivity contribution is -0.384. The summed E-state index contributed by atoms with van der Waals surface area (Å²) in [5.41, 5.74) is 1.85. The summed E-state index contributed by atoms with van der Waals surface area (Å²) in [5.74, 6) is 2.59. The Labute approximate surface area is 173 Å². The Morgan fingerprint density at radius 2 is 1.97 bits per heavy atom. The molecule has 7 nitrogen and oxygen atoms in total. The van der Waals surface area contributed by atoms with Crippen molar-refractivity contribution in [2.24, 2.45) is 0 Å². The minimum atomic E-state index is -0.384. The third-order valence-corrected chi connectivity index (χ3v) is 5.57. The maximum Gasteiger partial charge on any atom is 0.270 e. The van der Waals surface area contributed by atoms with E-state index in [-0.39, 0.29) is 16.7 Å². The SMILES string of the molecule is CC(C)Oc1ccc([N+](=O)[O-])cc1CSc1nnc(C2CC2)n1-c1ccccc1. The number of nitro benzene ring substituents is 1. The fourth-order valence-electron chi connectivity index (χ4n) is 3.10. The fourth-order valence-corrected chi connectivity index (χ4v) is 4.04. The fraction of sp³-hybridized carbons (Fsp3) is 0.333. The van der Waals surface area contributed by atoms with E-state index in [2.05, 4.69) is 14.8 Å². The van der Waals surface area contributed by atoms with Crippen molar-refractivity contribution in [2.75, 3.05) is 0 Å². The van der Waals surface area contributed by atoms with Gasteiger partial charge in [0, 0.05) is 35.1 Å². The van der Waals surface area contributed by atoms with Crippen LogP contribution in [0.1, 0.15) is 44.0 Å². The highest BCUT2D eigenvalue weighted by atomic mass is 32.2. The zero-order valence-corrected chi connectivity index (χ0v) is 17.1. The van der Waals surface area contributed by atoms with Gasteiger partial charge in [0.1, 0.15) is 11.6 Å². The monoisotopic (exact) mass is 410 g/mol. The predicted molar refractivity (Wildman–Crippen MR) is 112 cm³/mol. The maximum absolute atomic E-state index is 11.2. The smallest absolute Gasteiger partial charge is 0.270 e. The molecule has 4 rings (SSSR count). The molecule has 0 bridgehead atoms. The minimum Gasteiger partial charge on any atom is -0.491 e. The van der Waals surface area contributed by atoms with E-state index >= 15 is 0 Å². The first-order chi connectivity index (χ1) is 14.0. The number of hydrogen-bond acceptors (Lipinski definition) is 6. The first-order valence-electron chi connectivity index (χ1n) is 9.60. The van der Waals surface area contributed by atoms with Gasteiger partial charge in [0.2, 0.25) is 0 Å². The third kappa shape index (κ3) is 4.42. The van der Waals surface area contributed by atoms with Crippen LogP contribution in [0.15, 0.2) is 53.7 Å². The summed E-state index contributed by atoms with van der Waals surface area (Å²) in [5, 5.41) is 20.8. The predicted octanol–water partition coefficient (Wildman–Crippen LogP) is 5.13. The van der Waals surface area contributed by atoms with Gasteiger partial charge in [-0.05, 0) is 44.9 Å². The summed E-state index contributed by atoms with van der Waals surface area (Å²) < 4.78 is 7.96. The van der Waals surface area contributed by atoms with Gasteiger partial charge in [-0.3, -0.25) is 14.7 Å². The number of para-hydroxylation sites is 1. The van der Waals surface area contributed by atoms with E-state index < -0.39 is 0 Å². The van der Waals surface area contributed by atoms with Crippen molar-refractivity contribution in [1.82, 2.24) is 14.8 Å². The highest BCUT2D eigenvalue weighted by molar-refractivity contribution is 7.98. The van der Waals surface area contributed by atoms with Crippen LogP contribution in [0.25, 0.3) is 5.69 Å². The van der Waals surface area contributed by atoms with Crippen LogP contribution in [-0.4, -0.2) is 25.8 Å². The normalized spacial score (nSPS) is 13.6. The number of nitro groups is 1. The zero-order valence-electron chi connectivity index (χ0n) is 16.3. The quantitative estimate of drug-likeness (QED) is 0.291. The zero-order chi connectivity index (χ0) is 20.4. The van der Waals surface area contributed by atoms with E-state index in [1.807, 2.05) is 44.2 Å². The molecule has 1 fully saturated rings. The Kier molecular flexibility index (Phi) is 5.53. The van der Waals surface area contributed by atoms with Crippen molar-refractivity contribution in [3.8, 4) is 11.4 Å². The number of non-ortho nitro benzene ring substituents is 1. The Balaban J connectivity index is 1.64. The molecule has 1 aromatic heterocycles. The molecule has 0 atom stereocenters. The molecule has 2 aromatic carbocycles. The average molecular weight is 410 g/mol. The lowest BCUT2D eigenvalue weighted by Gasteiger charge is -2.14. The Bertz CT molecular complexity index is 1020. The van der Waals surface area contributed by atoms with Crippen molar-refractivity contribution < 1.29 is 9.66 Å². The van der Waals surface area contributed by atoms with Gasteiger partial charge in [0.05, 0.1) is 11.0 Å². The lowest BCUT2D eigenvalue weighted by Crippen LogP contribution is -2.07. The Morgan fingerprint density at radius 1 is 1.21 bits per heavy atom. The molecule has 0 amide bonds. The molecule has 1 heterocycles. The number of benzene rings is 2. The highest BCUT2D eigenvalue weighted by Gasteiger charge is 2.31. The molecular weight excluding hydrogens is 388 g/mol. The van der Waals surface area contributed by atoms with E-state index in [1.165, 1.54) is 17.8 Å². The second-order valence-corrected chi connectivity index (χ2v) is 8.23. The van der Waals surface area contributed by atoms with Crippen LogP contribution in [0.2, 0.25) is 0 Å². The van der Waals surface area contributed by atoms with Gasteiger partial charge >= 0.3 is 0 Å². The molecule has 150 valence electrons. The van der Waals surface area contributed by atoms with E-state index in [9.17, 15) is 10.1 Å². The molecule has 0 aliphatic heterocycles. The second kappa shape index (κ2) is 8.24. The summed E-state index contributed by atoms with van der Waals surface area (Å²) in [6.45, 7) is 3.87. The molecule has 3 aromatic rings. The molecule has 0 N–H and O–H groups in total. The van der Waals surface area contributed by atoms with E-state index in [0.717, 1.165) is 35.1 Å². The molecule has 8 heteroatoms. The molecule has 0 saturated heterocycles. The maximum atomic E-state index is 11.2. The van der Waals surface area contributed by atoms with E-state index in [1.54, 1.807) is 12.1 Å². The molecule has 0 spiro atoms. The van der Waals surface area contributed by atoms with Gasteiger partial charge in [-0.2, -0.15) is 0 Å². The summed E-state index contributed by atoms with van der Waals surface area (Å²) in [4.78, 5) is 10.8. The van der Waals surface area contributed by atoms with E-state index in [0.29, 0.717) is 17.4 Å². The van der Waals surface area contributed by atoms with Crippen LogP contribution in [0.3, 0.4) is 0 Å². The molecule has 0 unspecified atom stereocenters. The number of hydrogen-bond donors (Lipinski definition) is 0. The highest BCUT2D eigenvalue weighted by Crippen LogP contribution is 2.41. The van der Waals surface area contributed by atoms with Crippen molar-refractivity contribution in [3.63, 3.8) is 0 Å². The van der Waals surface area contributed by atoms with Crippen molar-refractivity contribution in [2.45, 2.75) is 49.6 Å². The van der Waals surface area contributed by atoms with Gasteiger partial charge in [-0.1, -0.05) is 30.0 Å². The standard InChI is InChI=1S/C21H22N4O3S/c1-14(2)28-19-11-10-18(25(26)27)12-16(19)13-29-21-23-22-20(15-8-9-15)24(21)17-6-4-3-5-7-17/h3-7,10-12,14-15H,8-9,13H2,1-2H3. The second-order valence-electron chi connectivity index (χ2n) is 7.29.